The predicted molar refractivity (Wildman–Crippen MR) is 50.5 cm³/mol. The highest BCUT2D eigenvalue weighted by atomic mass is 16.1. The van der Waals surface area contributed by atoms with Crippen molar-refractivity contribution in [2.75, 3.05) is 0 Å². The molecule has 1 aliphatic carbocycles. The summed E-state index contributed by atoms with van der Waals surface area (Å²) in [6.07, 6.45) is 8.39. The number of carbonyl (C=O) groups is 1. The molecular formula is C11H17NO. The van der Waals surface area contributed by atoms with Gasteiger partial charge in [0, 0.05) is 31.0 Å². The van der Waals surface area contributed by atoms with E-state index in [-0.39, 0.29) is 0 Å². The van der Waals surface area contributed by atoms with Crippen molar-refractivity contribution < 1.29 is 4.79 Å². The average Bonchev–Trinajstić information content (AvgIpc) is 2.85. The maximum absolute atomic E-state index is 11.4. The van der Waals surface area contributed by atoms with Gasteiger partial charge in [-0.15, -0.1) is 0 Å². The normalized spacial score (nSPS) is 40.8. The van der Waals surface area contributed by atoms with Gasteiger partial charge < -0.3 is 0 Å². The molecule has 0 aromatic carbocycles. The molecule has 72 valence electrons. The van der Waals surface area contributed by atoms with Crippen molar-refractivity contribution in [2.24, 2.45) is 0 Å². The Morgan fingerprint density at radius 2 is 1.54 bits per heavy atom. The molecule has 0 aromatic heterocycles. The Hall–Kier alpha value is -0.370. The highest BCUT2D eigenvalue weighted by Gasteiger charge is 2.44. The molecule has 2 atom stereocenters. The average molecular weight is 179 g/mol. The SMILES string of the molecule is O=C1C[C@@H]2CCC[C@@H](C1)N2C1CC1. The lowest BCUT2D eigenvalue weighted by Crippen LogP contribution is -2.53. The van der Waals surface area contributed by atoms with Gasteiger partial charge in [-0.2, -0.15) is 0 Å². The second-order valence-corrected chi connectivity index (χ2v) is 4.86. The lowest BCUT2D eigenvalue weighted by atomic mass is 9.83. The number of Topliss-reactive ketones (excluding diaryl/α,β-unsaturated/α-hetero) is 1. The molecule has 0 radical (unpaired) electrons. The van der Waals surface area contributed by atoms with Crippen LogP contribution in [0.2, 0.25) is 0 Å². The summed E-state index contributed by atoms with van der Waals surface area (Å²) >= 11 is 0. The summed E-state index contributed by atoms with van der Waals surface area (Å²) in [6.45, 7) is 0. The van der Waals surface area contributed by atoms with Gasteiger partial charge in [0.1, 0.15) is 5.78 Å². The quantitative estimate of drug-likeness (QED) is 0.611. The van der Waals surface area contributed by atoms with E-state index < -0.39 is 0 Å². The van der Waals surface area contributed by atoms with Crippen LogP contribution in [0, 0.1) is 0 Å². The summed E-state index contributed by atoms with van der Waals surface area (Å²) in [5.41, 5.74) is 0. The van der Waals surface area contributed by atoms with Crippen LogP contribution in [0.3, 0.4) is 0 Å². The van der Waals surface area contributed by atoms with Crippen LogP contribution >= 0.6 is 0 Å². The maximum atomic E-state index is 11.4. The molecule has 3 fully saturated rings. The van der Waals surface area contributed by atoms with Crippen molar-refractivity contribution >= 4 is 5.78 Å². The lowest BCUT2D eigenvalue weighted by molar-refractivity contribution is -0.127. The zero-order chi connectivity index (χ0) is 8.84. The Labute approximate surface area is 79.3 Å². The molecule has 3 rings (SSSR count). The molecule has 1 saturated carbocycles. The van der Waals surface area contributed by atoms with Crippen LogP contribution < -0.4 is 0 Å². The molecule has 0 spiro atoms. The van der Waals surface area contributed by atoms with E-state index in [1.54, 1.807) is 0 Å². The van der Waals surface area contributed by atoms with E-state index in [1.807, 2.05) is 0 Å². The highest BCUT2D eigenvalue weighted by Crippen LogP contribution is 2.40. The molecule has 2 nitrogen and oxygen atoms in total. The zero-order valence-electron chi connectivity index (χ0n) is 8.04. The minimum Gasteiger partial charge on any atom is -0.300 e. The number of rotatable bonds is 1. The third kappa shape index (κ3) is 1.32. The first-order valence-corrected chi connectivity index (χ1v) is 5.64. The predicted octanol–water partition coefficient (Wildman–Crippen LogP) is 1.73. The van der Waals surface area contributed by atoms with Crippen molar-refractivity contribution in [3.8, 4) is 0 Å². The van der Waals surface area contributed by atoms with Gasteiger partial charge in [-0.1, -0.05) is 6.42 Å². The third-order valence-corrected chi connectivity index (χ3v) is 3.81. The molecular weight excluding hydrogens is 162 g/mol. The largest absolute Gasteiger partial charge is 0.300 e. The van der Waals surface area contributed by atoms with Gasteiger partial charge in [0.05, 0.1) is 0 Å². The fourth-order valence-corrected chi connectivity index (χ4v) is 3.18. The summed E-state index contributed by atoms with van der Waals surface area (Å²) in [5.74, 6) is 0.520. The fourth-order valence-electron chi connectivity index (χ4n) is 3.18. The lowest BCUT2D eigenvalue weighted by Gasteiger charge is -2.45. The van der Waals surface area contributed by atoms with Crippen LogP contribution in [0.25, 0.3) is 0 Å². The third-order valence-electron chi connectivity index (χ3n) is 3.81. The van der Waals surface area contributed by atoms with Gasteiger partial charge in [0.15, 0.2) is 0 Å². The summed E-state index contributed by atoms with van der Waals surface area (Å²) in [6, 6.07) is 2.13. The molecule has 0 aromatic rings. The zero-order valence-corrected chi connectivity index (χ0v) is 8.04. The second-order valence-electron chi connectivity index (χ2n) is 4.86. The van der Waals surface area contributed by atoms with Crippen LogP contribution in [-0.4, -0.2) is 28.8 Å². The molecule has 2 heterocycles. The topological polar surface area (TPSA) is 20.3 Å². The number of fused-ring (bicyclic) bond motifs is 2. The first kappa shape index (κ1) is 7.98. The minimum absolute atomic E-state index is 0.520. The van der Waals surface area contributed by atoms with Gasteiger partial charge in [0.25, 0.3) is 0 Å². The highest BCUT2D eigenvalue weighted by molar-refractivity contribution is 5.80. The van der Waals surface area contributed by atoms with E-state index in [2.05, 4.69) is 4.90 Å². The van der Waals surface area contributed by atoms with Crippen LogP contribution in [0.15, 0.2) is 0 Å². The van der Waals surface area contributed by atoms with Gasteiger partial charge >= 0.3 is 0 Å². The summed E-state index contributed by atoms with van der Waals surface area (Å²) in [7, 11) is 0. The fraction of sp³-hybridized carbons (Fsp3) is 0.909. The van der Waals surface area contributed by atoms with Crippen molar-refractivity contribution in [2.45, 2.75) is 63.1 Å². The number of ketones is 1. The summed E-state index contributed by atoms with van der Waals surface area (Å²) in [4.78, 5) is 14.1. The van der Waals surface area contributed by atoms with Gasteiger partial charge in [0.2, 0.25) is 0 Å². The van der Waals surface area contributed by atoms with Crippen LogP contribution in [-0.2, 0) is 4.79 Å². The van der Waals surface area contributed by atoms with E-state index >= 15 is 0 Å². The number of carbonyl (C=O) groups excluding carboxylic acids is 1. The molecule has 13 heavy (non-hydrogen) atoms. The van der Waals surface area contributed by atoms with Crippen LogP contribution in [0.4, 0.5) is 0 Å². The first-order chi connectivity index (χ1) is 6.34. The summed E-state index contributed by atoms with van der Waals surface area (Å²) in [5, 5.41) is 0. The Morgan fingerprint density at radius 3 is 2.08 bits per heavy atom. The monoisotopic (exact) mass is 179 g/mol. The Balaban J connectivity index is 1.82. The first-order valence-electron chi connectivity index (χ1n) is 5.64. The van der Waals surface area contributed by atoms with Crippen molar-refractivity contribution in [3.63, 3.8) is 0 Å². The molecule has 0 unspecified atom stereocenters. The number of hydrogen-bond acceptors (Lipinski definition) is 2. The van der Waals surface area contributed by atoms with Crippen LogP contribution in [0.1, 0.15) is 44.9 Å². The molecule has 2 aliphatic heterocycles. The van der Waals surface area contributed by atoms with Crippen LogP contribution in [0.5, 0.6) is 0 Å². The molecule has 3 aliphatic rings. The van der Waals surface area contributed by atoms with Crippen molar-refractivity contribution in [1.82, 2.24) is 4.90 Å². The molecule has 2 heteroatoms. The number of nitrogens with zero attached hydrogens (tertiary/aromatic N) is 1. The van der Waals surface area contributed by atoms with E-state index in [0.29, 0.717) is 17.9 Å². The van der Waals surface area contributed by atoms with E-state index in [0.717, 1.165) is 18.9 Å². The smallest absolute Gasteiger partial charge is 0.136 e. The van der Waals surface area contributed by atoms with E-state index in [1.165, 1.54) is 32.1 Å². The van der Waals surface area contributed by atoms with E-state index in [9.17, 15) is 4.79 Å². The Kier molecular flexibility index (Phi) is 1.72. The van der Waals surface area contributed by atoms with Gasteiger partial charge in [-0.05, 0) is 25.7 Å². The molecule has 0 N–H and O–H groups in total. The number of hydrogen-bond donors (Lipinski definition) is 0. The maximum Gasteiger partial charge on any atom is 0.136 e. The van der Waals surface area contributed by atoms with Gasteiger partial charge in [-0.3, -0.25) is 9.69 Å². The standard InChI is InChI=1S/C11H17NO/c13-11-6-9-2-1-3-10(7-11)12(9)8-4-5-8/h8-10H,1-7H2/t9-,10-/m0/s1. The summed E-state index contributed by atoms with van der Waals surface area (Å²) < 4.78 is 0. The second kappa shape index (κ2) is 2.81. The number of piperidine rings is 2. The molecule has 2 saturated heterocycles. The van der Waals surface area contributed by atoms with Crippen molar-refractivity contribution in [1.29, 1.82) is 0 Å². The molecule has 0 amide bonds. The van der Waals surface area contributed by atoms with E-state index in [4.69, 9.17) is 0 Å². The van der Waals surface area contributed by atoms with Crippen molar-refractivity contribution in [3.05, 3.63) is 0 Å². The Bertz CT molecular complexity index is 218. The molecule has 2 bridgehead atoms. The Morgan fingerprint density at radius 1 is 0.923 bits per heavy atom. The van der Waals surface area contributed by atoms with Gasteiger partial charge in [-0.25, -0.2) is 0 Å². The minimum atomic E-state index is 0.520.